The van der Waals surface area contributed by atoms with Crippen LogP contribution in [-0.2, 0) is 0 Å². The van der Waals surface area contributed by atoms with Crippen LogP contribution in [-0.4, -0.2) is 31.2 Å². The molecule has 0 saturated carbocycles. The van der Waals surface area contributed by atoms with Crippen molar-refractivity contribution in [2.45, 2.75) is 0 Å². The van der Waals surface area contributed by atoms with Crippen molar-refractivity contribution in [2.24, 2.45) is 5.92 Å². The van der Waals surface area contributed by atoms with Crippen LogP contribution in [0.5, 0.6) is 0 Å². The summed E-state index contributed by atoms with van der Waals surface area (Å²) >= 11 is 0. The Morgan fingerprint density at radius 2 is 2.00 bits per heavy atom. The van der Waals surface area contributed by atoms with Gasteiger partial charge in [0.25, 0.3) is 0 Å². The van der Waals surface area contributed by atoms with Crippen LogP contribution in [0.1, 0.15) is 5.56 Å². The van der Waals surface area contributed by atoms with Gasteiger partial charge in [0.05, 0.1) is 6.67 Å². The van der Waals surface area contributed by atoms with E-state index < -0.39 is 0 Å². The Labute approximate surface area is 90.2 Å². The molecule has 1 saturated heterocycles. The van der Waals surface area contributed by atoms with E-state index in [4.69, 9.17) is 0 Å². The second-order valence-corrected chi connectivity index (χ2v) is 4.05. The third-order valence-electron chi connectivity index (χ3n) is 2.72. The molecule has 2 rings (SSSR count). The largest absolute Gasteiger partial charge is 0.299 e. The van der Waals surface area contributed by atoms with Crippen molar-refractivity contribution >= 4 is 6.08 Å². The monoisotopic (exact) mass is 205 g/mol. The van der Waals surface area contributed by atoms with Gasteiger partial charge in [0.2, 0.25) is 0 Å². The van der Waals surface area contributed by atoms with Gasteiger partial charge < -0.3 is 0 Å². The fourth-order valence-corrected chi connectivity index (χ4v) is 1.83. The van der Waals surface area contributed by atoms with Crippen molar-refractivity contribution in [3.8, 4) is 0 Å². The summed E-state index contributed by atoms with van der Waals surface area (Å²) < 4.78 is 12.2. The van der Waals surface area contributed by atoms with E-state index in [0.717, 1.165) is 19.6 Å². The zero-order chi connectivity index (χ0) is 10.5. The van der Waals surface area contributed by atoms with Gasteiger partial charge in [0, 0.05) is 25.6 Å². The Kier molecular flexibility index (Phi) is 3.51. The molecule has 0 unspecified atom stereocenters. The predicted molar refractivity (Wildman–Crippen MR) is 61.4 cm³/mol. The molecule has 0 N–H and O–H groups in total. The van der Waals surface area contributed by atoms with Gasteiger partial charge in [-0.1, -0.05) is 42.5 Å². The van der Waals surface area contributed by atoms with Gasteiger partial charge in [0.15, 0.2) is 0 Å². The first-order valence-electron chi connectivity index (χ1n) is 5.38. The lowest BCUT2D eigenvalue weighted by atomic mass is 10.0. The van der Waals surface area contributed by atoms with Crippen LogP contribution in [0.4, 0.5) is 4.39 Å². The first-order valence-corrected chi connectivity index (χ1v) is 5.38. The standard InChI is InChI=1S/C13H16FN/c14-9-13-10-15(11-13)8-4-7-12-5-2-1-3-6-12/h1-7,13H,8-11H2/b7-4+. The van der Waals surface area contributed by atoms with Crippen LogP contribution in [0.3, 0.4) is 0 Å². The number of nitrogens with zero attached hydrogens (tertiary/aromatic N) is 1. The number of hydrogen-bond donors (Lipinski definition) is 0. The summed E-state index contributed by atoms with van der Waals surface area (Å²) in [5.74, 6) is 0.287. The second kappa shape index (κ2) is 5.08. The van der Waals surface area contributed by atoms with E-state index in [1.165, 1.54) is 5.56 Å². The van der Waals surface area contributed by atoms with Gasteiger partial charge in [-0.05, 0) is 5.56 Å². The van der Waals surface area contributed by atoms with E-state index in [2.05, 4.69) is 29.2 Å². The smallest absolute Gasteiger partial charge is 0.0947 e. The zero-order valence-electron chi connectivity index (χ0n) is 8.77. The Morgan fingerprint density at radius 1 is 1.27 bits per heavy atom. The average Bonchev–Trinajstić information content (AvgIpc) is 2.23. The van der Waals surface area contributed by atoms with E-state index in [1.807, 2.05) is 18.2 Å². The molecule has 1 aliphatic rings. The van der Waals surface area contributed by atoms with Crippen LogP contribution < -0.4 is 0 Å². The summed E-state index contributed by atoms with van der Waals surface area (Å²) in [4.78, 5) is 2.25. The highest BCUT2D eigenvalue weighted by molar-refractivity contribution is 5.48. The summed E-state index contributed by atoms with van der Waals surface area (Å²) in [6.07, 6.45) is 4.26. The van der Waals surface area contributed by atoms with Gasteiger partial charge in [0.1, 0.15) is 0 Å². The molecule has 1 nitrogen and oxygen atoms in total. The second-order valence-electron chi connectivity index (χ2n) is 4.05. The molecule has 1 aromatic rings. The summed E-state index contributed by atoms with van der Waals surface area (Å²) in [6, 6.07) is 10.2. The summed E-state index contributed by atoms with van der Waals surface area (Å²) in [7, 11) is 0. The lowest BCUT2D eigenvalue weighted by molar-refractivity contribution is 0.0940. The molecule has 0 bridgehead atoms. The van der Waals surface area contributed by atoms with Crippen molar-refractivity contribution < 1.29 is 4.39 Å². The first-order chi connectivity index (χ1) is 7.38. The maximum absolute atomic E-state index is 12.2. The number of hydrogen-bond acceptors (Lipinski definition) is 1. The van der Waals surface area contributed by atoms with E-state index in [-0.39, 0.29) is 12.6 Å². The van der Waals surface area contributed by atoms with Crippen LogP contribution in [0, 0.1) is 5.92 Å². The van der Waals surface area contributed by atoms with Crippen LogP contribution >= 0.6 is 0 Å². The molecule has 0 amide bonds. The SMILES string of the molecule is FCC1CN(C/C=C/c2ccccc2)C1. The lowest BCUT2D eigenvalue weighted by Gasteiger charge is -2.36. The molecular weight excluding hydrogens is 189 g/mol. The quantitative estimate of drug-likeness (QED) is 0.730. The summed E-state index contributed by atoms with van der Waals surface area (Å²) in [5.41, 5.74) is 1.22. The molecule has 1 aromatic carbocycles. The number of rotatable bonds is 4. The minimum atomic E-state index is -0.168. The zero-order valence-corrected chi connectivity index (χ0v) is 8.77. The number of halogens is 1. The molecule has 0 aliphatic carbocycles. The highest BCUT2D eigenvalue weighted by atomic mass is 19.1. The maximum atomic E-state index is 12.2. The lowest BCUT2D eigenvalue weighted by Crippen LogP contribution is -2.47. The van der Waals surface area contributed by atoms with Crippen molar-refractivity contribution in [2.75, 3.05) is 26.3 Å². The first kappa shape index (κ1) is 10.4. The summed E-state index contributed by atoms with van der Waals surface area (Å²) in [5, 5.41) is 0. The average molecular weight is 205 g/mol. The van der Waals surface area contributed by atoms with E-state index in [9.17, 15) is 4.39 Å². The van der Waals surface area contributed by atoms with Crippen LogP contribution in [0.2, 0.25) is 0 Å². The van der Waals surface area contributed by atoms with Gasteiger partial charge >= 0.3 is 0 Å². The fourth-order valence-electron chi connectivity index (χ4n) is 1.83. The fraction of sp³-hybridized carbons (Fsp3) is 0.385. The topological polar surface area (TPSA) is 3.24 Å². The number of likely N-dealkylation sites (tertiary alicyclic amines) is 1. The van der Waals surface area contributed by atoms with Crippen molar-refractivity contribution in [3.05, 3.63) is 42.0 Å². The van der Waals surface area contributed by atoms with E-state index in [1.54, 1.807) is 0 Å². The van der Waals surface area contributed by atoms with E-state index in [0.29, 0.717) is 0 Å². The van der Waals surface area contributed by atoms with Crippen LogP contribution in [0.15, 0.2) is 36.4 Å². The molecule has 1 heterocycles. The third kappa shape index (κ3) is 2.90. The third-order valence-corrected chi connectivity index (χ3v) is 2.72. The van der Waals surface area contributed by atoms with Gasteiger partial charge in [-0.25, -0.2) is 0 Å². The van der Waals surface area contributed by atoms with E-state index >= 15 is 0 Å². The normalized spacial score (nSPS) is 18.2. The molecule has 0 aromatic heterocycles. The molecule has 80 valence electrons. The molecule has 15 heavy (non-hydrogen) atoms. The highest BCUT2D eigenvalue weighted by Gasteiger charge is 2.24. The van der Waals surface area contributed by atoms with Gasteiger partial charge in [-0.3, -0.25) is 9.29 Å². The molecular formula is C13H16FN. The van der Waals surface area contributed by atoms with Gasteiger partial charge in [-0.15, -0.1) is 0 Å². The highest BCUT2D eigenvalue weighted by Crippen LogP contribution is 2.15. The maximum Gasteiger partial charge on any atom is 0.0947 e. The molecule has 1 aliphatic heterocycles. The Hall–Kier alpha value is -1.15. The Bertz CT molecular complexity index is 315. The summed E-state index contributed by atoms with van der Waals surface area (Å²) in [6.45, 7) is 2.59. The molecule has 0 atom stereocenters. The number of benzene rings is 1. The molecule has 1 fully saturated rings. The molecule has 0 radical (unpaired) electrons. The molecule has 0 spiro atoms. The van der Waals surface area contributed by atoms with Crippen molar-refractivity contribution in [3.63, 3.8) is 0 Å². The predicted octanol–water partition coefficient (Wildman–Crippen LogP) is 2.60. The molecule has 2 heteroatoms. The minimum absolute atomic E-state index is 0.168. The Balaban J connectivity index is 1.73. The number of alkyl halides is 1. The Morgan fingerprint density at radius 3 is 2.67 bits per heavy atom. The van der Waals surface area contributed by atoms with Crippen LogP contribution in [0.25, 0.3) is 6.08 Å². The minimum Gasteiger partial charge on any atom is -0.299 e. The van der Waals surface area contributed by atoms with Crippen molar-refractivity contribution in [1.29, 1.82) is 0 Å². The van der Waals surface area contributed by atoms with Crippen molar-refractivity contribution in [1.82, 2.24) is 4.90 Å². The van der Waals surface area contributed by atoms with Gasteiger partial charge in [-0.2, -0.15) is 0 Å².